The smallest absolute Gasteiger partial charge is 0.267 e. The van der Waals surface area contributed by atoms with Crippen molar-refractivity contribution in [3.63, 3.8) is 0 Å². The highest BCUT2D eigenvalue weighted by Crippen LogP contribution is 2.26. The third-order valence-corrected chi connectivity index (χ3v) is 4.25. The summed E-state index contributed by atoms with van der Waals surface area (Å²) in [5.41, 5.74) is 2.63. The molecule has 4 nitrogen and oxygen atoms in total. The van der Waals surface area contributed by atoms with Gasteiger partial charge in [-0.15, -0.1) is 0 Å². The maximum atomic E-state index is 12.3. The van der Waals surface area contributed by atoms with Gasteiger partial charge in [-0.25, -0.2) is 4.68 Å². The second-order valence-corrected chi connectivity index (χ2v) is 6.42. The van der Waals surface area contributed by atoms with Crippen LogP contribution >= 0.6 is 23.2 Å². The number of H-pyrrole nitrogens is 1. The van der Waals surface area contributed by atoms with E-state index in [1.807, 2.05) is 49.5 Å². The molecule has 3 aromatic rings. The number of nitrogens with zero attached hydrogens (tertiary/aromatic N) is 1. The first-order valence-corrected chi connectivity index (χ1v) is 8.29. The van der Waals surface area contributed by atoms with Crippen LogP contribution in [-0.2, 0) is 6.54 Å². The largest absolute Gasteiger partial charge is 0.308 e. The lowest BCUT2D eigenvalue weighted by atomic mass is 10.0. The molecule has 3 rings (SSSR count). The Morgan fingerprint density at radius 2 is 1.75 bits per heavy atom. The van der Waals surface area contributed by atoms with Crippen LogP contribution < -0.4 is 10.9 Å². The predicted octanol–water partition coefficient (Wildman–Crippen LogP) is 3.84. The molecule has 0 aliphatic rings. The minimum Gasteiger partial charge on any atom is -0.308 e. The van der Waals surface area contributed by atoms with Crippen LogP contribution in [0.25, 0.3) is 0 Å². The number of rotatable bonds is 5. The summed E-state index contributed by atoms with van der Waals surface area (Å²) in [4.78, 5) is 12.3. The van der Waals surface area contributed by atoms with Gasteiger partial charge in [-0.2, -0.15) is 0 Å². The van der Waals surface area contributed by atoms with Gasteiger partial charge in [-0.1, -0.05) is 53.5 Å². The van der Waals surface area contributed by atoms with Crippen LogP contribution in [0.5, 0.6) is 0 Å². The molecule has 0 fully saturated rings. The molecule has 1 aromatic heterocycles. The molecule has 0 aliphatic heterocycles. The molecule has 0 aliphatic carbocycles. The van der Waals surface area contributed by atoms with E-state index in [1.165, 1.54) is 0 Å². The highest BCUT2D eigenvalue weighted by Gasteiger charge is 2.17. The van der Waals surface area contributed by atoms with Gasteiger partial charge in [0, 0.05) is 16.1 Å². The number of halogens is 2. The molecular formula is C18H17Cl2N3O. The molecule has 0 bridgehead atoms. The average molecular weight is 362 g/mol. The molecule has 0 radical (unpaired) electrons. The third-order valence-electron chi connectivity index (χ3n) is 3.81. The van der Waals surface area contributed by atoms with Crippen molar-refractivity contribution in [2.45, 2.75) is 12.6 Å². The maximum absolute atomic E-state index is 12.3. The summed E-state index contributed by atoms with van der Waals surface area (Å²) >= 11 is 12.2. The Balaban J connectivity index is 1.93. The number of aromatic nitrogens is 2. The summed E-state index contributed by atoms with van der Waals surface area (Å²) in [6.07, 6.45) is 0. The molecule has 1 heterocycles. The predicted molar refractivity (Wildman–Crippen MR) is 98.0 cm³/mol. The first kappa shape index (κ1) is 16.8. The van der Waals surface area contributed by atoms with Crippen LogP contribution in [0.2, 0.25) is 10.0 Å². The van der Waals surface area contributed by atoms with E-state index in [9.17, 15) is 4.79 Å². The zero-order valence-corrected chi connectivity index (χ0v) is 14.6. The van der Waals surface area contributed by atoms with Gasteiger partial charge in [-0.05, 0) is 36.4 Å². The molecule has 0 saturated carbocycles. The van der Waals surface area contributed by atoms with Crippen LogP contribution in [0.1, 0.15) is 22.9 Å². The van der Waals surface area contributed by atoms with Gasteiger partial charge in [0.25, 0.3) is 5.56 Å². The van der Waals surface area contributed by atoms with Gasteiger partial charge in [0.2, 0.25) is 0 Å². The van der Waals surface area contributed by atoms with Gasteiger partial charge in [0.1, 0.15) is 0 Å². The van der Waals surface area contributed by atoms with Crippen molar-refractivity contribution in [3.8, 4) is 0 Å². The molecule has 0 amide bonds. The van der Waals surface area contributed by atoms with E-state index in [0.717, 1.165) is 16.8 Å². The summed E-state index contributed by atoms with van der Waals surface area (Å²) < 4.78 is 1.58. The van der Waals surface area contributed by atoms with E-state index in [2.05, 4.69) is 10.4 Å². The number of nitrogens with one attached hydrogen (secondary N) is 2. The van der Waals surface area contributed by atoms with Crippen molar-refractivity contribution < 1.29 is 0 Å². The van der Waals surface area contributed by atoms with Crippen molar-refractivity contribution in [1.29, 1.82) is 0 Å². The van der Waals surface area contributed by atoms with E-state index in [4.69, 9.17) is 23.2 Å². The second-order valence-electron chi connectivity index (χ2n) is 5.55. The van der Waals surface area contributed by atoms with Gasteiger partial charge in [-0.3, -0.25) is 9.89 Å². The quantitative estimate of drug-likeness (QED) is 0.725. The number of benzene rings is 2. The number of hydrogen-bond donors (Lipinski definition) is 2. The molecule has 2 N–H and O–H groups in total. The fraction of sp³-hybridized carbons (Fsp3) is 0.167. The fourth-order valence-corrected chi connectivity index (χ4v) is 3.27. The third kappa shape index (κ3) is 3.73. The summed E-state index contributed by atoms with van der Waals surface area (Å²) in [5, 5.41) is 7.48. The minimum absolute atomic E-state index is 0.0813. The zero-order valence-electron chi connectivity index (χ0n) is 13.1. The molecule has 1 unspecified atom stereocenters. The highest BCUT2D eigenvalue weighted by atomic mass is 35.5. The summed E-state index contributed by atoms with van der Waals surface area (Å²) in [7, 11) is 1.83. The Morgan fingerprint density at radius 3 is 2.38 bits per heavy atom. The van der Waals surface area contributed by atoms with Crippen molar-refractivity contribution in [2.24, 2.45) is 0 Å². The first-order chi connectivity index (χ1) is 11.6. The number of aromatic amines is 1. The molecule has 6 heteroatoms. The van der Waals surface area contributed by atoms with E-state index in [-0.39, 0.29) is 11.6 Å². The Labute approximate surface area is 150 Å². The molecular weight excluding hydrogens is 345 g/mol. The monoisotopic (exact) mass is 361 g/mol. The van der Waals surface area contributed by atoms with Crippen molar-refractivity contribution in [1.82, 2.24) is 15.1 Å². The van der Waals surface area contributed by atoms with Crippen molar-refractivity contribution in [2.75, 3.05) is 7.05 Å². The Hall–Kier alpha value is -2.01. The van der Waals surface area contributed by atoms with Crippen LogP contribution in [-0.4, -0.2) is 16.8 Å². The lowest BCUT2D eigenvalue weighted by molar-refractivity contribution is 0.611. The average Bonchev–Trinajstić information content (AvgIpc) is 2.89. The lowest BCUT2D eigenvalue weighted by Gasteiger charge is -2.16. The van der Waals surface area contributed by atoms with Crippen LogP contribution in [0.4, 0.5) is 0 Å². The van der Waals surface area contributed by atoms with Gasteiger partial charge in [0.05, 0.1) is 18.3 Å². The van der Waals surface area contributed by atoms with Crippen LogP contribution in [0, 0.1) is 0 Å². The van der Waals surface area contributed by atoms with Crippen molar-refractivity contribution >= 4 is 23.2 Å². The van der Waals surface area contributed by atoms with E-state index in [0.29, 0.717) is 16.6 Å². The number of hydrogen-bond acceptors (Lipinski definition) is 2. The Morgan fingerprint density at radius 1 is 1.08 bits per heavy atom. The zero-order chi connectivity index (χ0) is 17.1. The molecule has 2 aromatic carbocycles. The first-order valence-electron chi connectivity index (χ1n) is 7.54. The molecule has 24 heavy (non-hydrogen) atoms. The van der Waals surface area contributed by atoms with Crippen molar-refractivity contribution in [3.05, 3.63) is 91.8 Å². The fourth-order valence-electron chi connectivity index (χ4n) is 2.73. The van der Waals surface area contributed by atoms with E-state index < -0.39 is 0 Å². The lowest BCUT2D eigenvalue weighted by Crippen LogP contribution is -2.19. The molecule has 1 atom stereocenters. The molecule has 0 spiro atoms. The Kier molecular flexibility index (Phi) is 5.09. The SMILES string of the molecule is CNC(c1cc(Cl)cc(Cl)c1)c1cc(=O)n(Cc2ccccc2)[nH]1. The van der Waals surface area contributed by atoms with E-state index in [1.54, 1.807) is 16.8 Å². The summed E-state index contributed by atoms with van der Waals surface area (Å²) in [6, 6.07) is 16.6. The van der Waals surface area contributed by atoms with Gasteiger partial charge < -0.3 is 5.32 Å². The maximum Gasteiger partial charge on any atom is 0.267 e. The standard InChI is InChI=1S/C18H17Cl2N3O/c1-21-18(13-7-14(19)9-15(20)8-13)16-10-17(24)23(22-16)11-12-5-3-2-4-6-12/h2-10,18,21-22H,11H2,1H3. The van der Waals surface area contributed by atoms with Gasteiger partial charge in [0.15, 0.2) is 0 Å². The van der Waals surface area contributed by atoms with Crippen LogP contribution in [0.3, 0.4) is 0 Å². The Bertz CT molecular complexity index is 867. The second kappa shape index (κ2) is 7.26. The minimum atomic E-state index is -0.203. The van der Waals surface area contributed by atoms with Crippen LogP contribution in [0.15, 0.2) is 59.4 Å². The topological polar surface area (TPSA) is 49.8 Å². The summed E-state index contributed by atoms with van der Waals surface area (Å²) in [6.45, 7) is 0.492. The van der Waals surface area contributed by atoms with E-state index >= 15 is 0 Å². The molecule has 0 saturated heterocycles. The normalized spacial score (nSPS) is 12.3. The summed E-state index contributed by atoms with van der Waals surface area (Å²) in [5.74, 6) is 0. The molecule has 124 valence electrons. The van der Waals surface area contributed by atoms with Gasteiger partial charge >= 0.3 is 0 Å². The highest BCUT2D eigenvalue weighted by molar-refractivity contribution is 6.34.